The quantitative estimate of drug-likeness (QED) is 0.253. The fraction of sp³-hybridized carbons (Fsp3) is 0.679. The summed E-state index contributed by atoms with van der Waals surface area (Å²) in [5.41, 5.74) is 1.18. The molecular weight excluding hydrogens is 436 g/mol. The van der Waals surface area contributed by atoms with Crippen LogP contribution in [0, 0.1) is 35.0 Å². The third-order valence-corrected chi connectivity index (χ3v) is 6.29. The van der Waals surface area contributed by atoms with E-state index in [1.54, 1.807) is 16.8 Å². The van der Waals surface area contributed by atoms with Crippen LogP contribution in [0.2, 0.25) is 0 Å². The van der Waals surface area contributed by atoms with Crippen LogP contribution >= 0.6 is 0 Å². The maximum absolute atomic E-state index is 12.5. The summed E-state index contributed by atoms with van der Waals surface area (Å²) in [4.78, 5) is 24.8. The number of nitrogens with zero attached hydrogens (tertiary/aromatic N) is 6. The van der Waals surface area contributed by atoms with E-state index in [1.807, 2.05) is 7.05 Å². The van der Waals surface area contributed by atoms with Gasteiger partial charge in [-0.05, 0) is 46.0 Å². The molecule has 0 aromatic heterocycles. The summed E-state index contributed by atoms with van der Waals surface area (Å²) in [6.07, 6.45) is 10.8. The topological polar surface area (TPSA) is 66.2 Å². The lowest BCUT2D eigenvalue weighted by Gasteiger charge is -2.35. The van der Waals surface area contributed by atoms with Crippen molar-refractivity contribution >= 4 is 12.7 Å². The van der Waals surface area contributed by atoms with E-state index in [1.165, 1.54) is 5.70 Å². The van der Waals surface area contributed by atoms with Gasteiger partial charge in [0.05, 0.1) is 19.2 Å². The van der Waals surface area contributed by atoms with Gasteiger partial charge in [-0.1, -0.05) is 43.9 Å². The van der Waals surface area contributed by atoms with Gasteiger partial charge in [-0.2, -0.15) is 5.26 Å². The predicted molar refractivity (Wildman–Crippen MR) is 146 cm³/mol. The molecule has 0 aliphatic carbocycles. The van der Waals surface area contributed by atoms with Crippen molar-refractivity contribution in [2.45, 2.75) is 46.0 Å². The maximum Gasteiger partial charge on any atom is 0.320 e. The molecule has 7 heteroatoms. The molecule has 0 spiro atoms. The molecule has 7 nitrogen and oxygen atoms in total. The van der Waals surface area contributed by atoms with Gasteiger partial charge in [0, 0.05) is 64.2 Å². The zero-order valence-corrected chi connectivity index (χ0v) is 22.7. The summed E-state index contributed by atoms with van der Waals surface area (Å²) in [6.45, 7) is 13.5. The Hall–Kier alpha value is -2.77. The number of urea groups is 1. The summed E-state index contributed by atoms with van der Waals surface area (Å²) < 4.78 is 0. The van der Waals surface area contributed by atoms with Crippen LogP contribution in [0.4, 0.5) is 4.79 Å². The largest absolute Gasteiger partial charge is 0.373 e. The predicted octanol–water partition coefficient (Wildman–Crippen LogP) is 4.11. The Morgan fingerprint density at radius 2 is 2.03 bits per heavy atom. The Balaban J connectivity index is 2.56. The first-order chi connectivity index (χ1) is 16.8. The van der Waals surface area contributed by atoms with Crippen molar-refractivity contribution in [3.05, 3.63) is 23.9 Å². The normalized spacial score (nSPS) is 18.1. The highest BCUT2D eigenvalue weighted by atomic mass is 16.2. The number of allylic oxidation sites excluding steroid dienone is 2. The van der Waals surface area contributed by atoms with Crippen LogP contribution in [0.5, 0.6) is 0 Å². The van der Waals surface area contributed by atoms with Crippen LogP contribution in [0.3, 0.4) is 0 Å². The van der Waals surface area contributed by atoms with Crippen LogP contribution in [-0.4, -0.2) is 99.3 Å². The number of carbonyl (C=O) groups is 1. The zero-order valence-electron chi connectivity index (χ0n) is 22.7. The van der Waals surface area contributed by atoms with Gasteiger partial charge in [-0.3, -0.25) is 4.99 Å². The van der Waals surface area contributed by atoms with Gasteiger partial charge in [-0.25, -0.2) is 4.79 Å². The second-order valence-corrected chi connectivity index (χ2v) is 9.55. The summed E-state index contributed by atoms with van der Waals surface area (Å²) >= 11 is 0. The van der Waals surface area contributed by atoms with Crippen LogP contribution in [0.1, 0.15) is 46.0 Å². The van der Waals surface area contributed by atoms with Crippen LogP contribution in [0.15, 0.2) is 28.9 Å². The Morgan fingerprint density at radius 3 is 2.71 bits per heavy atom. The molecule has 1 aliphatic rings. The third kappa shape index (κ3) is 12.5. The molecule has 1 heterocycles. The minimum absolute atomic E-state index is 0.00857. The summed E-state index contributed by atoms with van der Waals surface area (Å²) in [5.74, 6) is 6.97. The van der Waals surface area contributed by atoms with Crippen molar-refractivity contribution in [3.63, 3.8) is 0 Å². The number of aliphatic imine (C=N–C) groups is 1. The van der Waals surface area contributed by atoms with Gasteiger partial charge in [-0.15, -0.1) is 0 Å². The highest BCUT2D eigenvalue weighted by Crippen LogP contribution is 2.17. The zero-order chi connectivity index (χ0) is 26.1. The van der Waals surface area contributed by atoms with Gasteiger partial charge in [0.25, 0.3) is 0 Å². The van der Waals surface area contributed by atoms with Gasteiger partial charge in [0.15, 0.2) is 0 Å². The van der Waals surface area contributed by atoms with E-state index in [-0.39, 0.29) is 6.03 Å². The molecule has 1 fully saturated rings. The molecule has 0 radical (unpaired) electrons. The number of rotatable bonds is 11. The van der Waals surface area contributed by atoms with E-state index in [4.69, 9.17) is 0 Å². The fourth-order valence-electron chi connectivity index (χ4n) is 4.03. The average Bonchev–Trinajstić information content (AvgIpc) is 2.82. The Kier molecular flexibility index (Phi) is 15.2. The minimum Gasteiger partial charge on any atom is -0.373 e. The van der Waals surface area contributed by atoms with E-state index < -0.39 is 0 Å². The lowest BCUT2D eigenvalue weighted by molar-refractivity contribution is 0.179. The van der Waals surface area contributed by atoms with Crippen molar-refractivity contribution in [1.29, 1.82) is 5.26 Å². The first-order valence-electron chi connectivity index (χ1n) is 12.8. The Labute approximate surface area is 214 Å². The van der Waals surface area contributed by atoms with Crippen LogP contribution in [-0.2, 0) is 0 Å². The van der Waals surface area contributed by atoms with Crippen molar-refractivity contribution in [1.82, 2.24) is 19.6 Å². The Bertz CT molecular complexity index is 802. The van der Waals surface area contributed by atoms with Gasteiger partial charge in [0.2, 0.25) is 0 Å². The molecule has 2 unspecified atom stereocenters. The molecule has 0 saturated carbocycles. The van der Waals surface area contributed by atoms with E-state index in [9.17, 15) is 10.1 Å². The number of hydrogen-bond acceptors (Lipinski definition) is 5. The van der Waals surface area contributed by atoms with Crippen molar-refractivity contribution < 1.29 is 4.79 Å². The third-order valence-electron chi connectivity index (χ3n) is 6.29. The molecular formula is C28H46N6O. The number of hydrogen-bond donors (Lipinski definition) is 0. The van der Waals surface area contributed by atoms with Crippen molar-refractivity contribution in [3.8, 4) is 17.9 Å². The lowest BCUT2D eigenvalue weighted by Crippen LogP contribution is -2.40. The summed E-state index contributed by atoms with van der Waals surface area (Å²) in [5, 5.41) is 9.22. The molecule has 35 heavy (non-hydrogen) atoms. The smallest absolute Gasteiger partial charge is 0.320 e. The molecule has 1 rings (SSSR count). The van der Waals surface area contributed by atoms with Gasteiger partial charge >= 0.3 is 6.03 Å². The summed E-state index contributed by atoms with van der Waals surface area (Å²) in [6, 6.07) is 2.34. The molecule has 194 valence electrons. The molecule has 1 aliphatic heterocycles. The second-order valence-electron chi connectivity index (χ2n) is 9.55. The maximum atomic E-state index is 12.5. The average molecular weight is 483 g/mol. The molecule has 0 N–H and O–H groups in total. The minimum atomic E-state index is -0.00857. The van der Waals surface area contributed by atoms with Gasteiger partial charge in [0.1, 0.15) is 0 Å². The standard InChI is InChI=1S/C28H46N6O/c1-7-25(2)14-12-20-33(6)28(35)32(5)19-11-9-8-10-15-27(22-30-3)34-21-13-18-31(4)23-26(24-34)16-17-29/h8-9,15,25-26H,3,7,10-11,13,16,18-24H2,1-2,4-6H3/b9-8?,27-15+. The van der Waals surface area contributed by atoms with Crippen molar-refractivity contribution in [2.24, 2.45) is 16.8 Å². The highest BCUT2D eigenvalue weighted by Gasteiger charge is 2.20. The first-order valence-corrected chi connectivity index (χ1v) is 12.8. The fourth-order valence-corrected chi connectivity index (χ4v) is 4.03. The van der Waals surface area contributed by atoms with E-state index in [0.717, 1.165) is 51.9 Å². The molecule has 0 aromatic carbocycles. The number of amides is 2. The molecule has 2 atom stereocenters. The van der Waals surface area contributed by atoms with Crippen LogP contribution < -0.4 is 0 Å². The first kappa shape index (κ1) is 30.3. The molecule has 0 aromatic rings. The lowest BCUT2D eigenvalue weighted by atomic mass is 10.0. The van der Waals surface area contributed by atoms with Gasteiger partial charge < -0.3 is 19.6 Å². The molecule has 0 bridgehead atoms. The van der Waals surface area contributed by atoms with Crippen LogP contribution in [0.25, 0.3) is 0 Å². The molecule has 1 saturated heterocycles. The number of carbonyl (C=O) groups excluding carboxylic acids is 1. The Morgan fingerprint density at radius 1 is 1.26 bits per heavy atom. The second kappa shape index (κ2) is 17.6. The van der Waals surface area contributed by atoms with E-state index in [0.29, 0.717) is 37.9 Å². The number of nitriles is 1. The van der Waals surface area contributed by atoms with E-state index >= 15 is 0 Å². The van der Waals surface area contributed by atoms with Crippen molar-refractivity contribution in [2.75, 3.05) is 67.0 Å². The SMILES string of the molecule is C=NC/C(=C\CC=CCCN(C)C(=O)N(C)CC#CC(C)CC)N1CCCN(C)CC(CC#N)C1. The molecule has 2 amide bonds. The monoisotopic (exact) mass is 482 g/mol. The van der Waals surface area contributed by atoms with E-state index in [2.05, 4.69) is 78.5 Å². The summed E-state index contributed by atoms with van der Waals surface area (Å²) in [7, 11) is 5.77. The highest BCUT2D eigenvalue weighted by molar-refractivity contribution is 5.74.